The largest absolute Gasteiger partial charge is 0.379 e. The molecule has 1 aromatic carbocycles. The molecule has 0 spiro atoms. The molecule has 25 heavy (non-hydrogen) atoms. The smallest absolute Gasteiger partial charge is 0.199 e. The zero-order valence-corrected chi connectivity index (χ0v) is 13.6. The minimum Gasteiger partial charge on any atom is -0.379 e. The van der Waals surface area contributed by atoms with E-state index in [0.717, 1.165) is 29.6 Å². The summed E-state index contributed by atoms with van der Waals surface area (Å²) in [5, 5.41) is 15.2. The molecule has 0 radical (unpaired) electrons. The second-order valence-corrected chi connectivity index (χ2v) is 6.35. The number of nitrogen functional groups attached to an aromatic ring is 1. The number of hydrogen-bond acceptors (Lipinski definition) is 7. The van der Waals surface area contributed by atoms with E-state index in [-0.39, 0.29) is 24.1 Å². The first-order valence-corrected chi connectivity index (χ1v) is 8.26. The van der Waals surface area contributed by atoms with Gasteiger partial charge in [-0.15, -0.1) is 0 Å². The maximum absolute atomic E-state index is 12.8. The first kappa shape index (κ1) is 15.5. The van der Waals surface area contributed by atoms with Crippen molar-refractivity contribution >= 4 is 28.3 Å². The molecule has 8 heteroatoms. The Morgan fingerprint density at radius 3 is 2.76 bits per heavy atom. The highest BCUT2D eigenvalue weighted by molar-refractivity contribution is 5.89. The van der Waals surface area contributed by atoms with Gasteiger partial charge < -0.3 is 15.7 Å². The zero-order valence-electron chi connectivity index (χ0n) is 13.6. The van der Waals surface area contributed by atoms with E-state index in [9.17, 15) is 4.79 Å². The summed E-state index contributed by atoms with van der Waals surface area (Å²) in [5.41, 5.74) is 8.51. The molecule has 1 fully saturated rings. The van der Waals surface area contributed by atoms with Gasteiger partial charge in [-0.25, -0.2) is 9.61 Å². The minimum atomic E-state index is -0.0177. The highest BCUT2D eigenvalue weighted by Crippen LogP contribution is 2.28. The standard InChI is InChI=1S/C17H18N6O2/c18-11-7-5-10(6-8-11)14(24)9-23-13-4-2-1-3-12(13)20-17(23)15-16(19)22-25-21-15/h1-4,10,18H,5-9H2,(H2,19,22). The quantitative estimate of drug-likeness (QED) is 0.753. The van der Waals surface area contributed by atoms with Crippen LogP contribution in [0.5, 0.6) is 0 Å². The second-order valence-electron chi connectivity index (χ2n) is 6.35. The number of benzene rings is 1. The van der Waals surface area contributed by atoms with Crippen LogP contribution < -0.4 is 5.73 Å². The molecule has 0 unspecified atom stereocenters. The predicted octanol–water partition coefficient (Wildman–Crippen LogP) is 2.45. The number of rotatable bonds is 4. The van der Waals surface area contributed by atoms with Crippen molar-refractivity contribution in [2.24, 2.45) is 5.92 Å². The Morgan fingerprint density at radius 1 is 1.28 bits per heavy atom. The number of Topliss-reactive ketones (excluding diaryl/α,β-unsaturated/α-hetero) is 1. The van der Waals surface area contributed by atoms with Gasteiger partial charge in [-0.05, 0) is 48.1 Å². The molecule has 1 saturated carbocycles. The summed E-state index contributed by atoms with van der Waals surface area (Å²) < 4.78 is 6.52. The molecule has 1 aliphatic rings. The van der Waals surface area contributed by atoms with Crippen LogP contribution in [-0.2, 0) is 11.3 Å². The average Bonchev–Trinajstić information content (AvgIpc) is 3.19. The number of anilines is 1. The van der Waals surface area contributed by atoms with Crippen LogP contribution in [0.3, 0.4) is 0 Å². The second kappa shape index (κ2) is 6.12. The molecule has 0 aliphatic heterocycles. The Morgan fingerprint density at radius 2 is 2.04 bits per heavy atom. The fourth-order valence-corrected chi connectivity index (χ4v) is 3.34. The topological polar surface area (TPSA) is 124 Å². The molecule has 3 aromatic rings. The lowest BCUT2D eigenvalue weighted by Gasteiger charge is -2.21. The third-order valence-corrected chi connectivity index (χ3v) is 4.74. The maximum Gasteiger partial charge on any atom is 0.199 e. The number of nitrogens with two attached hydrogens (primary N) is 1. The fourth-order valence-electron chi connectivity index (χ4n) is 3.34. The van der Waals surface area contributed by atoms with Gasteiger partial charge in [-0.2, -0.15) is 0 Å². The summed E-state index contributed by atoms with van der Waals surface area (Å²) >= 11 is 0. The van der Waals surface area contributed by atoms with Crippen LogP contribution in [0, 0.1) is 11.3 Å². The van der Waals surface area contributed by atoms with Crippen LogP contribution in [0.25, 0.3) is 22.6 Å². The van der Waals surface area contributed by atoms with Crippen LogP contribution in [0.2, 0.25) is 0 Å². The Bertz CT molecular complexity index is 947. The number of nitrogens with zero attached hydrogens (tertiary/aromatic N) is 4. The van der Waals surface area contributed by atoms with Gasteiger partial charge in [0.25, 0.3) is 0 Å². The zero-order chi connectivity index (χ0) is 17.4. The molecule has 0 atom stereocenters. The van der Waals surface area contributed by atoms with Crippen molar-refractivity contribution < 1.29 is 9.42 Å². The number of ketones is 1. The molecule has 3 N–H and O–H groups in total. The highest BCUT2D eigenvalue weighted by atomic mass is 16.6. The van der Waals surface area contributed by atoms with Crippen LogP contribution in [0.1, 0.15) is 25.7 Å². The van der Waals surface area contributed by atoms with E-state index < -0.39 is 0 Å². The number of carbonyl (C=O) groups excluding carboxylic acids is 1. The normalized spacial score (nSPS) is 17.9. The number of carbonyl (C=O) groups is 1. The molecule has 0 saturated heterocycles. The van der Waals surface area contributed by atoms with Crippen LogP contribution >= 0.6 is 0 Å². The van der Waals surface area contributed by atoms with Crippen molar-refractivity contribution in [3.05, 3.63) is 24.3 Å². The van der Waals surface area contributed by atoms with Crippen LogP contribution in [-0.4, -0.2) is 31.4 Å². The lowest BCUT2D eigenvalue weighted by Crippen LogP contribution is -2.25. The Hall–Kier alpha value is -3.03. The van der Waals surface area contributed by atoms with E-state index in [2.05, 4.69) is 15.3 Å². The van der Waals surface area contributed by atoms with E-state index in [1.54, 1.807) is 0 Å². The fraction of sp³-hybridized carbons (Fsp3) is 0.353. The number of para-hydroxylation sites is 2. The number of nitrogens with one attached hydrogen (secondary N) is 1. The molecule has 2 heterocycles. The summed E-state index contributed by atoms with van der Waals surface area (Å²) in [7, 11) is 0. The van der Waals surface area contributed by atoms with Gasteiger partial charge in [0.15, 0.2) is 23.1 Å². The molecular weight excluding hydrogens is 320 g/mol. The third kappa shape index (κ3) is 2.79. The molecule has 1 aliphatic carbocycles. The van der Waals surface area contributed by atoms with Crippen molar-refractivity contribution in [3.8, 4) is 11.5 Å². The van der Waals surface area contributed by atoms with E-state index in [4.69, 9.17) is 15.8 Å². The Kier molecular flexibility index (Phi) is 3.79. The van der Waals surface area contributed by atoms with Crippen molar-refractivity contribution in [3.63, 3.8) is 0 Å². The Balaban J connectivity index is 1.71. The summed E-state index contributed by atoms with van der Waals surface area (Å²) in [6, 6.07) is 7.59. The number of aromatic nitrogens is 4. The van der Waals surface area contributed by atoms with Gasteiger partial charge in [0.05, 0.1) is 17.6 Å². The van der Waals surface area contributed by atoms with Gasteiger partial charge in [0, 0.05) is 11.6 Å². The van der Waals surface area contributed by atoms with Gasteiger partial charge in [-0.3, -0.25) is 4.79 Å². The van der Waals surface area contributed by atoms with Gasteiger partial charge in [-0.1, -0.05) is 12.1 Å². The molecular formula is C17H18N6O2. The molecule has 0 amide bonds. The van der Waals surface area contributed by atoms with Gasteiger partial charge >= 0.3 is 0 Å². The van der Waals surface area contributed by atoms with Crippen molar-refractivity contribution in [1.29, 1.82) is 5.41 Å². The lowest BCUT2D eigenvalue weighted by molar-refractivity contribution is -0.123. The van der Waals surface area contributed by atoms with Crippen LogP contribution in [0.4, 0.5) is 5.82 Å². The summed E-state index contributed by atoms with van der Waals surface area (Å²) in [5.74, 6) is 0.759. The van der Waals surface area contributed by atoms with Crippen LogP contribution in [0.15, 0.2) is 28.9 Å². The maximum atomic E-state index is 12.8. The summed E-state index contributed by atoms with van der Waals surface area (Å²) in [6.07, 6.45) is 2.89. The number of fused-ring (bicyclic) bond motifs is 1. The lowest BCUT2D eigenvalue weighted by atomic mass is 9.85. The minimum absolute atomic E-state index is 0.0177. The van der Waals surface area contributed by atoms with Crippen molar-refractivity contribution in [2.75, 3.05) is 5.73 Å². The number of hydrogen-bond donors (Lipinski definition) is 2. The number of imidazole rings is 1. The summed E-state index contributed by atoms with van der Waals surface area (Å²) in [6.45, 7) is 0.195. The first-order chi connectivity index (χ1) is 12.1. The van der Waals surface area contributed by atoms with E-state index in [0.29, 0.717) is 24.4 Å². The van der Waals surface area contributed by atoms with Gasteiger partial charge in [0.1, 0.15) is 0 Å². The van der Waals surface area contributed by atoms with Crippen molar-refractivity contribution in [1.82, 2.24) is 19.9 Å². The predicted molar refractivity (Wildman–Crippen MR) is 92.1 cm³/mol. The summed E-state index contributed by atoms with van der Waals surface area (Å²) in [4.78, 5) is 17.4. The highest BCUT2D eigenvalue weighted by Gasteiger charge is 2.26. The van der Waals surface area contributed by atoms with Crippen molar-refractivity contribution in [2.45, 2.75) is 32.2 Å². The van der Waals surface area contributed by atoms with E-state index >= 15 is 0 Å². The SMILES string of the molecule is N=C1CCC(C(=O)Cn2c(-c3nonc3N)nc3ccccc32)CC1. The molecule has 4 rings (SSSR count). The van der Waals surface area contributed by atoms with Gasteiger partial charge in [0.2, 0.25) is 0 Å². The monoisotopic (exact) mass is 338 g/mol. The Labute approximate surface area is 143 Å². The molecule has 2 aromatic heterocycles. The first-order valence-electron chi connectivity index (χ1n) is 8.26. The van der Waals surface area contributed by atoms with E-state index in [1.165, 1.54) is 0 Å². The average molecular weight is 338 g/mol. The van der Waals surface area contributed by atoms with E-state index in [1.807, 2.05) is 28.8 Å². The molecule has 128 valence electrons. The molecule has 0 bridgehead atoms. The third-order valence-electron chi connectivity index (χ3n) is 4.74. The molecule has 8 nitrogen and oxygen atoms in total.